The lowest BCUT2D eigenvalue weighted by Gasteiger charge is -2.09. The topological polar surface area (TPSA) is 40.9 Å². The second-order valence-corrected chi connectivity index (χ2v) is 4.38. The van der Waals surface area contributed by atoms with E-state index in [2.05, 4.69) is 84.9 Å². The van der Waals surface area contributed by atoms with Crippen LogP contribution in [-0.2, 0) is 4.79 Å². The fraction of sp³-hybridized carbons (Fsp3) is 0. The van der Waals surface area contributed by atoms with Gasteiger partial charge in [0.1, 0.15) is 0 Å². The molecule has 2 nitrogen and oxygen atoms in total. The van der Waals surface area contributed by atoms with Crippen molar-refractivity contribution in [3.05, 3.63) is 84.9 Å². The summed E-state index contributed by atoms with van der Waals surface area (Å²) in [5.41, 5.74) is 5.09. The van der Waals surface area contributed by atoms with E-state index in [0.29, 0.717) is 0 Å². The molecule has 3 aromatic rings. The van der Waals surface area contributed by atoms with Gasteiger partial charge in [-0.15, -0.1) is 0 Å². The summed E-state index contributed by atoms with van der Waals surface area (Å²) in [6.45, 7) is 0. The van der Waals surface area contributed by atoms with Gasteiger partial charge in [0.2, 0.25) is 6.08 Å². The Hall–Kier alpha value is -2.96. The molecule has 0 fully saturated rings. The van der Waals surface area contributed by atoms with Crippen LogP contribution in [-0.4, -0.2) is 6.08 Å². The highest BCUT2D eigenvalue weighted by atomic mass is 16.1. The van der Waals surface area contributed by atoms with Crippen LogP contribution in [0.4, 0.5) is 0 Å². The van der Waals surface area contributed by atoms with E-state index < -0.39 is 0 Å². The molecule has 102 valence electrons. The Labute approximate surface area is 124 Å². The Morgan fingerprint density at radius 2 is 0.857 bits per heavy atom. The van der Waals surface area contributed by atoms with Crippen LogP contribution in [0.3, 0.4) is 0 Å². The van der Waals surface area contributed by atoms with Crippen LogP contribution < -0.4 is 0 Å². The van der Waals surface area contributed by atoms with Crippen molar-refractivity contribution in [2.75, 3.05) is 0 Å². The molecule has 0 saturated heterocycles. The van der Waals surface area contributed by atoms with Crippen LogP contribution in [0.1, 0.15) is 0 Å². The van der Waals surface area contributed by atoms with Gasteiger partial charge in [0.05, 0.1) is 0 Å². The second-order valence-electron chi connectivity index (χ2n) is 4.38. The van der Waals surface area contributed by atoms with Crippen LogP contribution in [0.15, 0.2) is 84.9 Å². The van der Waals surface area contributed by atoms with Gasteiger partial charge in [0, 0.05) is 0 Å². The normalized spacial score (nSPS) is 9.14. The summed E-state index contributed by atoms with van der Waals surface area (Å²) in [6, 6.07) is 29.6. The fourth-order valence-corrected chi connectivity index (χ4v) is 2.22. The molecule has 0 spiro atoms. The first kappa shape index (κ1) is 14.4. The van der Waals surface area contributed by atoms with Crippen LogP contribution in [0.2, 0.25) is 0 Å². The molecule has 0 aliphatic carbocycles. The molecule has 21 heavy (non-hydrogen) atoms. The van der Waals surface area contributed by atoms with Gasteiger partial charge in [0.15, 0.2) is 0 Å². The molecule has 0 saturated carbocycles. The summed E-state index contributed by atoms with van der Waals surface area (Å²) in [6.07, 6.45) is 0.750. The molecular weight excluding hydrogens is 258 g/mol. The molecule has 0 radical (unpaired) electrons. The van der Waals surface area contributed by atoms with Crippen molar-refractivity contribution in [1.29, 1.82) is 5.41 Å². The van der Waals surface area contributed by atoms with E-state index in [1.807, 2.05) is 0 Å². The molecule has 0 atom stereocenters. The Morgan fingerprint density at radius 3 is 1.19 bits per heavy atom. The number of carbonyl (C=O) groups excluding carboxylic acids is 1. The third-order valence-electron chi connectivity index (χ3n) is 3.10. The third-order valence-corrected chi connectivity index (χ3v) is 3.10. The number of rotatable bonds is 2. The fourth-order valence-electron chi connectivity index (χ4n) is 2.22. The minimum atomic E-state index is 0.750. The van der Waals surface area contributed by atoms with Crippen molar-refractivity contribution in [2.45, 2.75) is 0 Å². The summed E-state index contributed by atoms with van der Waals surface area (Å²) in [5.74, 6) is 0. The van der Waals surface area contributed by atoms with Crippen molar-refractivity contribution in [1.82, 2.24) is 0 Å². The first-order chi connectivity index (χ1) is 10.4. The zero-order valence-electron chi connectivity index (χ0n) is 11.5. The van der Waals surface area contributed by atoms with Crippen LogP contribution >= 0.6 is 0 Å². The molecule has 0 unspecified atom stereocenters. The molecule has 0 heterocycles. The number of hydrogen-bond acceptors (Lipinski definition) is 2. The number of nitrogens with one attached hydrogen (secondary N) is 1. The molecule has 0 aromatic heterocycles. The number of isocyanates is 1. The summed E-state index contributed by atoms with van der Waals surface area (Å²) in [4.78, 5) is 8.35. The second kappa shape index (κ2) is 7.59. The standard InChI is InChI=1S/C18H14.CHNO/c1-3-9-15(10-4-1)17-13-7-8-14-18(17)16-11-5-2-6-12-16;2-1-3/h1-14H;2H. The minimum Gasteiger partial charge on any atom is -0.222 e. The zero-order chi connectivity index (χ0) is 14.9. The average Bonchev–Trinajstić information content (AvgIpc) is 2.57. The maximum Gasteiger partial charge on any atom is 0.231 e. The highest BCUT2D eigenvalue weighted by Gasteiger charge is 2.05. The molecule has 0 aliphatic rings. The largest absolute Gasteiger partial charge is 0.231 e. The molecule has 1 N–H and O–H groups in total. The van der Waals surface area contributed by atoms with Gasteiger partial charge in [-0.3, -0.25) is 0 Å². The van der Waals surface area contributed by atoms with Gasteiger partial charge >= 0.3 is 0 Å². The molecule has 3 rings (SSSR count). The van der Waals surface area contributed by atoms with Gasteiger partial charge in [-0.2, -0.15) is 0 Å². The van der Waals surface area contributed by atoms with E-state index in [9.17, 15) is 0 Å². The van der Waals surface area contributed by atoms with Crippen molar-refractivity contribution in [3.63, 3.8) is 0 Å². The molecule has 3 aromatic carbocycles. The van der Waals surface area contributed by atoms with Gasteiger partial charge in [-0.25, -0.2) is 10.2 Å². The summed E-state index contributed by atoms with van der Waals surface area (Å²) >= 11 is 0. The SMILES string of the molecule is N=C=O.c1ccc(-c2ccccc2-c2ccccc2)cc1. The van der Waals surface area contributed by atoms with Crippen molar-refractivity contribution >= 4 is 6.08 Å². The van der Waals surface area contributed by atoms with Crippen molar-refractivity contribution in [3.8, 4) is 22.3 Å². The summed E-state index contributed by atoms with van der Waals surface area (Å²) < 4.78 is 0. The monoisotopic (exact) mass is 273 g/mol. The minimum absolute atomic E-state index is 0.750. The molecule has 0 bridgehead atoms. The Balaban J connectivity index is 0.000000497. The summed E-state index contributed by atoms with van der Waals surface area (Å²) in [7, 11) is 0. The molecule has 2 heteroatoms. The van der Waals surface area contributed by atoms with Gasteiger partial charge in [-0.05, 0) is 22.3 Å². The van der Waals surface area contributed by atoms with Crippen LogP contribution in [0.25, 0.3) is 22.3 Å². The Kier molecular flexibility index (Phi) is 5.22. The number of benzene rings is 3. The maximum absolute atomic E-state index is 8.35. The van der Waals surface area contributed by atoms with E-state index in [4.69, 9.17) is 10.2 Å². The zero-order valence-corrected chi connectivity index (χ0v) is 11.5. The van der Waals surface area contributed by atoms with E-state index in [0.717, 1.165) is 6.08 Å². The average molecular weight is 273 g/mol. The summed E-state index contributed by atoms with van der Waals surface area (Å²) in [5, 5.41) is 5.40. The lowest BCUT2D eigenvalue weighted by molar-refractivity contribution is 0.563. The highest BCUT2D eigenvalue weighted by molar-refractivity contribution is 5.83. The first-order valence-electron chi connectivity index (χ1n) is 6.60. The smallest absolute Gasteiger partial charge is 0.222 e. The van der Waals surface area contributed by atoms with Crippen LogP contribution in [0.5, 0.6) is 0 Å². The lowest BCUT2D eigenvalue weighted by atomic mass is 9.95. The lowest BCUT2D eigenvalue weighted by Crippen LogP contribution is -1.83. The number of hydrogen-bond donors (Lipinski definition) is 1. The van der Waals surface area contributed by atoms with E-state index in [1.165, 1.54) is 22.3 Å². The van der Waals surface area contributed by atoms with E-state index in [-0.39, 0.29) is 0 Å². The quantitative estimate of drug-likeness (QED) is 0.522. The Morgan fingerprint density at radius 1 is 0.571 bits per heavy atom. The van der Waals surface area contributed by atoms with Gasteiger partial charge < -0.3 is 0 Å². The van der Waals surface area contributed by atoms with Crippen LogP contribution in [0, 0.1) is 5.41 Å². The molecule has 0 amide bonds. The van der Waals surface area contributed by atoms with Crippen molar-refractivity contribution in [2.24, 2.45) is 0 Å². The predicted octanol–water partition coefficient (Wildman–Crippen LogP) is 4.92. The first-order valence-corrected chi connectivity index (χ1v) is 6.60. The molecular formula is C19H15NO. The predicted molar refractivity (Wildman–Crippen MR) is 85.7 cm³/mol. The Bertz CT molecular complexity index is 656. The van der Waals surface area contributed by atoms with E-state index >= 15 is 0 Å². The molecule has 0 aliphatic heterocycles. The maximum atomic E-state index is 8.35. The van der Waals surface area contributed by atoms with Gasteiger partial charge in [0.25, 0.3) is 0 Å². The highest BCUT2D eigenvalue weighted by Crippen LogP contribution is 2.31. The third kappa shape index (κ3) is 3.75. The van der Waals surface area contributed by atoms with Crippen molar-refractivity contribution < 1.29 is 4.79 Å². The van der Waals surface area contributed by atoms with E-state index in [1.54, 1.807) is 0 Å². The van der Waals surface area contributed by atoms with Gasteiger partial charge in [-0.1, -0.05) is 84.9 Å².